The fourth-order valence-corrected chi connectivity index (χ4v) is 4.73. The Kier molecular flexibility index (Phi) is 5.26. The highest BCUT2D eigenvalue weighted by molar-refractivity contribution is 7.99. The summed E-state index contributed by atoms with van der Waals surface area (Å²) >= 11 is 1.99. The Labute approximate surface area is 130 Å². The molecular weight excluding hydrogens is 290 g/mol. The van der Waals surface area contributed by atoms with E-state index in [1.165, 1.54) is 5.75 Å². The lowest BCUT2D eigenvalue weighted by Crippen LogP contribution is -2.60. The highest BCUT2D eigenvalue weighted by Gasteiger charge is 2.41. The summed E-state index contributed by atoms with van der Waals surface area (Å²) in [6.07, 6.45) is 1.15. The van der Waals surface area contributed by atoms with Gasteiger partial charge in [-0.05, 0) is 12.2 Å². The Hall–Kier alpha value is -0.500. The van der Waals surface area contributed by atoms with E-state index in [1.54, 1.807) is 0 Å². The van der Waals surface area contributed by atoms with Crippen molar-refractivity contribution in [1.82, 2.24) is 15.1 Å². The van der Waals surface area contributed by atoms with E-state index in [0.29, 0.717) is 26.3 Å². The molecule has 1 atom stereocenters. The largest absolute Gasteiger partial charge is 0.379 e. The van der Waals surface area contributed by atoms with Crippen LogP contribution in [-0.4, -0.2) is 92.0 Å². The van der Waals surface area contributed by atoms with Crippen LogP contribution in [0.4, 0.5) is 4.79 Å². The molecule has 0 aromatic rings. The predicted octanol–water partition coefficient (Wildman–Crippen LogP) is 0.236. The number of nitrogens with one attached hydrogen (secondary N) is 1. The maximum absolute atomic E-state index is 12.3. The van der Waals surface area contributed by atoms with Crippen LogP contribution in [0.5, 0.6) is 0 Å². The fraction of sp³-hybridized carbons (Fsp3) is 0.929. The van der Waals surface area contributed by atoms with Gasteiger partial charge in [-0.3, -0.25) is 4.90 Å². The molecule has 0 aromatic carbocycles. The minimum absolute atomic E-state index is 0.0582. The Morgan fingerprint density at radius 3 is 2.38 bits per heavy atom. The van der Waals surface area contributed by atoms with Gasteiger partial charge in [0.05, 0.1) is 26.4 Å². The van der Waals surface area contributed by atoms with Crippen molar-refractivity contribution in [3.05, 3.63) is 0 Å². The van der Waals surface area contributed by atoms with Crippen molar-refractivity contribution < 1.29 is 14.3 Å². The molecule has 21 heavy (non-hydrogen) atoms. The Balaban J connectivity index is 1.56. The Bertz CT molecular complexity index is 351. The molecule has 0 aliphatic carbocycles. The van der Waals surface area contributed by atoms with E-state index in [9.17, 15) is 4.79 Å². The normalized spacial score (nSPS) is 31.3. The van der Waals surface area contributed by atoms with E-state index >= 15 is 0 Å². The molecule has 3 heterocycles. The number of morpholine rings is 2. The number of urea groups is 1. The second kappa shape index (κ2) is 7.17. The third kappa shape index (κ3) is 3.64. The van der Waals surface area contributed by atoms with E-state index in [4.69, 9.17) is 9.47 Å². The highest BCUT2D eigenvalue weighted by atomic mass is 32.2. The summed E-state index contributed by atoms with van der Waals surface area (Å²) in [6.45, 7) is 7.03. The molecule has 0 unspecified atom stereocenters. The molecular formula is C14H25N3O3S. The maximum Gasteiger partial charge on any atom is 0.317 e. The molecule has 3 rings (SSSR count). The van der Waals surface area contributed by atoms with E-state index in [2.05, 4.69) is 10.2 Å². The maximum atomic E-state index is 12.3. The lowest BCUT2D eigenvalue weighted by Gasteiger charge is -2.43. The molecule has 6 nitrogen and oxygen atoms in total. The van der Waals surface area contributed by atoms with Crippen LogP contribution in [0, 0.1) is 0 Å². The molecule has 120 valence electrons. The highest BCUT2D eigenvalue weighted by Crippen LogP contribution is 2.33. The summed E-state index contributed by atoms with van der Waals surface area (Å²) in [5.41, 5.74) is 0.121. The number of thioether (sulfide) groups is 1. The first-order valence-electron chi connectivity index (χ1n) is 7.81. The molecule has 0 saturated carbocycles. The van der Waals surface area contributed by atoms with Crippen molar-refractivity contribution >= 4 is 17.8 Å². The fourth-order valence-electron chi connectivity index (χ4n) is 3.25. The van der Waals surface area contributed by atoms with Crippen LogP contribution in [0.2, 0.25) is 0 Å². The summed E-state index contributed by atoms with van der Waals surface area (Å²) < 4.78 is 10.8. The van der Waals surface area contributed by atoms with Crippen molar-refractivity contribution in [2.24, 2.45) is 0 Å². The van der Waals surface area contributed by atoms with Gasteiger partial charge in [-0.1, -0.05) is 0 Å². The van der Waals surface area contributed by atoms with E-state index in [1.807, 2.05) is 16.7 Å². The molecule has 3 aliphatic rings. The molecule has 3 aliphatic heterocycles. The number of rotatable bonds is 3. The summed E-state index contributed by atoms with van der Waals surface area (Å²) in [7, 11) is 0. The number of hydrogen-bond acceptors (Lipinski definition) is 5. The summed E-state index contributed by atoms with van der Waals surface area (Å²) in [5.74, 6) is 2.29. The summed E-state index contributed by atoms with van der Waals surface area (Å²) in [6, 6.07) is 0.0582. The summed E-state index contributed by atoms with van der Waals surface area (Å²) in [5, 5.41) is 3.17. The van der Waals surface area contributed by atoms with Gasteiger partial charge in [0, 0.05) is 44.0 Å². The minimum Gasteiger partial charge on any atom is -0.379 e. The van der Waals surface area contributed by atoms with Crippen LogP contribution in [0.3, 0.4) is 0 Å². The molecule has 0 spiro atoms. The third-order valence-corrected chi connectivity index (χ3v) is 5.87. The first kappa shape index (κ1) is 15.4. The van der Waals surface area contributed by atoms with Crippen molar-refractivity contribution in [2.45, 2.75) is 12.0 Å². The predicted molar refractivity (Wildman–Crippen MR) is 82.9 cm³/mol. The van der Waals surface area contributed by atoms with Crippen molar-refractivity contribution in [2.75, 3.05) is 70.7 Å². The first-order valence-corrected chi connectivity index (χ1v) is 8.97. The molecule has 0 aromatic heterocycles. The standard InChI is InChI=1S/C14H25N3O3S/c18-13(16-2-6-19-7-3-16)15-11-14(1-10-21-12-14)17-4-8-20-9-5-17/h1-12H2,(H,15,18)/t14-/m1/s1. The first-order chi connectivity index (χ1) is 10.3. The average molecular weight is 315 g/mol. The quantitative estimate of drug-likeness (QED) is 0.808. The van der Waals surface area contributed by atoms with Gasteiger partial charge in [0.1, 0.15) is 0 Å². The number of carbonyl (C=O) groups is 1. The van der Waals surface area contributed by atoms with Gasteiger partial charge in [0.2, 0.25) is 0 Å². The van der Waals surface area contributed by atoms with E-state index < -0.39 is 0 Å². The van der Waals surface area contributed by atoms with Crippen LogP contribution < -0.4 is 5.32 Å². The van der Waals surface area contributed by atoms with Crippen LogP contribution >= 0.6 is 11.8 Å². The van der Waals surface area contributed by atoms with Gasteiger partial charge in [-0.2, -0.15) is 11.8 Å². The zero-order valence-electron chi connectivity index (χ0n) is 12.5. The topological polar surface area (TPSA) is 54.0 Å². The molecule has 7 heteroatoms. The molecule has 0 bridgehead atoms. The zero-order valence-corrected chi connectivity index (χ0v) is 13.3. The van der Waals surface area contributed by atoms with Gasteiger partial charge in [0.25, 0.3) is 0 Å². The molecule has 3 saturated heterocycles. The van der Waals surface area contributed by atoms with Crippen molar-refractivity contribution in [3.8, 4) is 0 Å². The second-order valence-corrected chi connectivity index (χ2v) is 6.99. The number of ether oxygens (including phenoxy) is 2. The smallest absolute Gasteiger partial charge is 0.317 e. The van der Waals surface area contributed by atoms with Gasteiger partial charge < -0.3 is 19.7 Å². The van der Waals surface area contributed by atoms with Gasteiger partial charge in [-0.15, -0.1) is 0 Å². The van der Waals surface area contributed by atoms with Crippen LogP contribution in [-0.2, 0) is 9.47 Å². The SMILES string of the molecule is O=C(NC[C@]1(N2CCOCC2)CCSC1)N1CCOCC1. The molecule has 3 fully saturated rings. The van der Waals surface area contributed by atoms with Crippen molar-refractivity contribution in [3.63, 3.8) is 0 Å². The second-order valence-electron chi connectivity index (χ2n) is 5.88. The van der Waals surface area contributed by atoms with Gasteiger partial charge in [0.15, 0.2) is 0 Å². The van der Waals surface area contributed by atoms with E-state index in [0.717, 1.165) is 45.0 Å². The zero-order chi connectivity index (χ0) is 14.5. The van der Waals surface area contributed by atoms with Gasteiger partial charge >= 0.3 is 6.03 Å². The Morgan fingerprint density at radius 1 is 1.10 bits per heavy atom. The summed E-state index contributed by atoms with van der Waals surface area (Å²) in [4.78, 5) is 16.7. The van der Waals surface area contributed by atoms with E-state index in [-0.39, 0.29) is 11.6 Å². The Morgan fingerprint density at radius 2 is 1.76 bits per heavy atom. The van der Waals surface area contributed by atoms with Crippen molar-refractivity contribution in [1.29, 1.82) is 0 Å². The lowest BCUT2D eigenvalue weighted by atomic mass is 9.95. The lowest BCUT2D eigenvalue weighted by molar-refractivity contribution is -0.0132. The third-order valence-electron chi connectivity index (χ3n) is 4.63. The number of carbonyl (C=O) groups excluding carboxylic acids is 1. The van der Waals surface area contributed by atoms with Crippen LogP contribution in [0.15, 0.2) is 0 Å². The molecule has 2 amide bonds. The molecule has 1 N–H and O–H groups in total. The number of amides is 2. The number of hydrogen-bond donors (Lipinski definition) is 1. The molecule has 0 radical (unpaired) electrons. The number of nitrogens with zero attached hydrogens (tertiary/aromatic N) is 2. The minimum atomic E-state index is 0.0582. The van der Waals surface area contributed by atoms with Crippen LogP contribution in [0.25, 0.3) is 0 Å². The monoisotopic (exact) mass is 315 g/mol. The van der Waals surface area contributed by atoms with Crippen LogP contribution in [0.1, 0.15) is 6.42 Å². The van der Waals surface area contributed by atoms with Gasteiger partial charge in [-0.25, -0.2) is 4.79 Å². The average Bonchev–Trinajstić information content (AvgIpc) is 3.04.